The molecule has 0 spiro atoms. The van der Waals surface area contributed by atoms with E-state index in [2.05, 4.69) is 10.1 Å². The minimum atomic E-state index is -4.49. The van der Waals surface area contributed by atoms with Crippen molar-refractivity contribution in [2.45, 2.75) is 18.5 Å². The van der Waals surface area contributed by atoms with Crippen molar-refractivity contribution in [1.29, 1.82) is 0 Å². The smallest absolute Gasteiger partial charge is 0.416 e. The molecule has 1 atom stereocenters. The zero-order valence-corrected chi connectivity index (χ0v) is 16.6. The predicted octanol–water partition coefficient (Wildman–Crippen LogP) is 4.29. The monoisotopic (exact) mass is 433 g/mol. The lowest BCUT2D eigenvalue weighted by atomic mass is 10.1. The number of ether oxygens (including phenoxy) is 2. The summed E-state index contributed by atoms with van der Waals surface area (Å²) in [6, 6.07) is 9.82. The summed E-state index contributed by atoms with van der Waals surface area (Å²) in [5, 5.41) is 3.97. The fourth-order valence-corrected chi connectivity index (χ4v) is 3.47. The first-order valence-corrected chi connectivity index (χ1v) is 9.33. The maximum Gasteiger partial charge on any atom is 0.416 e. The maximum atomic E-state index is 13.0. The first-order chi connectivity index (χ1) is 14.8. The normalized spacial score (nSPS) is 16.6. The second-order valence-corrected chi connectivity index (χ2v) is 6.98. The molecule has 7 nitrogen and oxygen atoms in total. The molecule has 1 aromatic heterocycles. The molecule has 1 aliphatic heterocycles. The van der Waals surface area contributed by atoms with Crippen LogP contribution in [0, 0.1) is 0 Å². The number of benzene rings is 2. The van der Waals surface area contributed by atoms with Crippen molar-refractivity contribution in [3.8, 4) is 22.9 Å². The Hall–Kier alpha value is -3.56. The van der Waals surface area contributed by atoms with E-state index in [4.69, 9.17) is 14.0 Å². The number of methoxy groups -OCH3 is 2. The summed E-state index contributed by atoms with van der Waals surface area (Å²) in [6.07, 6.45) is -4.43. The highest BCUT2D eigenvalue weighted by Crippen LogP contribution is 2.36. The van der Waals surface area contributed by atoms with Crippen LogP contribution in [0.15, 0.2) is 47.0 Å². The number of hydrogen-bond donors (Lipinski definition) is 0. The molecular weight excluding hydrogens is 415 g/mol. The topological polar surface area (TPSA) is 77.7 Å². The van der Waals surface area contributed by atoms with Crippen LogP contribution in [0.4, 0.5) is 18.9 Å². The molecule has 3 aromatic rings. The average molecular weight is 433 g/mol. The van der Waals surface area contributed by atoms with Gasteiger partial charge in [0.15, 0.2) is 11.5 Å². The molecule has 2 aromatic carbocycles. The van der Waals surface area contributed by atoms with Crippen LogP contribution in [0.25, 0.3) is 11.4 Å². The quantitative estimate of drug-likeness (QED) is 0.597. The zero-order chi connectivity index (χ0) is 22.2. The number of rotatable bonds is 5. The number of nitrogens with zero attached hydrogens (tertiary/aromatic N) is 3. The van der Waals surface area contributed by atoms with Gasteiger partial charge < -0.3 is 18.9 Å². The van der Waals surface area contributed by atoms with Gasteiger partial charge in [0, 0.05) is 24.2 Å². The molecule has 0 radical (unpaired) electrons. The summed E-state index contributed by atoms with van der Waals surface area (Å²) in [5.74, 6) is 0.860. The van der Waals surface area contributed by atoms with Crippen molar-refractivity contribution in [2.75, 3.05) is 25.7 Å². The molecule has 1 fully saturated rings. The second-order valence-electron chi connectivity index (χ2n) is 6.98. The highest BCUT2D eigenvalue weighted by atomic mass is 19.4. The van der Waals surface area contributed by atoms with Crippen LogP contribution in [0.1, 0.15) is 23.8 Å². The zero-order valence-electron chi connectivity index (χ0n) is 16.6. The number of aromatic nitrogens is 2. The number of hydrogen-bond acceptors (Lipinski definition) is 6. The summed E-state index contributed by atoms with van der Waals surface area (Å²) in [6.45, 7) is 0.147. The number of anilines is 1. The molecule has 31 heavy (non-hydrogen) atoms. The Kier molecular flexibility index (Phi) is 5.30. The third kappa shape index (κ3) is 4.05. The molecule has 1 saturated heterocycles. The van der Waals surface area contributed by atoms with Gasteiger partial charge in [0.25, 0.3) is 0 Å². The van der Waals surface area contributed by atoms with Crippen molar-refractivity contribution >= 4 is 11.6 Å². The van der Waals surface area contributed by atoms with E-state index >= 15 is 0 Å². The molecule has 0 bridgehead atoms. The molecule has 0 saturated carbocycles. The minimum Gasteiger partial charge on any atom is -0.493 e. The third-order valence-electron chi connectivity index (χ3n) is 5.04. The van der Waals surface area contributed by atoms with Crippen molar-refractivity contribution in [1.82, 2.24) is 10.1 Å². The van der Waals surface area contributed by atoms with E-state index in [1.807, 2.05) is 0 Å². The van der Waals surface area contributed by atoms with E-state index in [1.54, 1.807) is 18.2 Å². The van der Waals surface area contributed by atoms with E-state index in [-0.39, 0.29) is 30.5 Å². The Morgan fingerprint density at radius 2 is 1.87 bits per heavy atom. The standard InChI is InChI=1S/C21H18F3N3O4/c1-29-16-7-6-12(8-17(16)30-2)19-25-20(31-26-19)13-9-18(28)27(11-13)15-5-3-4-14(10-15)21(22,23)24/h3-8,10,13H,9,11H2,1-2H3. The number of amides is 1. The molecule has 0 N–H and O–H groups in total. The molecule has 10 heteroatoms. The number of alkyl halides is 3. The van der Waals surface area contributed by atoms with Gasteiger partial charge in [-0.05, 0) is 36.4 Å². The van der Waals surface area contributed by atoms with Crippen LogP contribution in [0.3, 0.4) is 0 Å². The van der Waals surface area contributed by atoms with Crippen LogP contribution in [-0.4, -0.2) is 36.8 Å². The predicted molar refractivity (Wildman–Crippen MR) is 104 cm³/mol. The van der Waals surface area contributed by atoms with Gasteiger partial charge in [0.05, 0.1) is 25.7 Å². The number of carbonyl (C=O) groups is 1. The van der Waals surface area contributed by atoms with Crippen LogP contribution in [0.2, 0.25) is 0 Å². The lowest BCUT2D eigenvalue weighted by molar-refractivity contribution is -0.137. The Labute approximate surface area is 175 Å². The van der Waals surface area contributed by atoms with E-state index in [0.717, 1.165) is 12.1 Å². The molecule has 0 aliphatic carbocycles. The van der Waals surface area contributed by atoms with Gasteiger partial charge >= 0.3 is 6.18 Å². The summed E-state index contributed by atoms with van der Waals surface area (Å²) in [7, 11) is 3.03. The van der Waals surface area contributed by atoms with E-state index < -0.39 is 17.7 Å². The SMILES string of the molecule is COc1ccc(-c2noc(C3CC(=O)N(c4cccc(C(F)(F)F)c4)C3)n2)cc1OC. The fourth-order valence-electron chi connectivity index (χ4n) is 3.47. The van der Waals surface area contributed by atoms with Crippen LogP contribution in [0.5, 0.6) is 11.5 Å². The Morgan fingerprint density at radius 3 is 2.58 bits per heavy atom. The molecule has 2 heterocycles. The van der Waals surface area contributed by atoms with Gasteiger partial charge in [-0.2, -0.15) is 18.2 Å². The van der Waals surface area contributed by atoms with Crippen molar-refractivity contribution < 1.29 is 32.0 Å². The van der Waals surface area contributed by atoms with Gasteiger partial charge in [0.1, 0.15) is 0 Å². The maximum absolute atomic E-state index is 13.0. The van der Waals surface area contributed by atoms with Crippen LogP contribution >= 0.6 is 0 Å². The summed E-state index contributed by atoms with van der Waals surface area (Å²) in [4.78, 5) is 18.2. The highest BCUT2D eigenvalue weighted by molar-refractivity contribution is 5.96. The van der Waals surface area contributed by atoms with Crippen molar-refractivity contribution in [3.63, 3.8) is 0 Å². The molecule has 1 unspecified atom stereocenters. The Bertz CT molecular complexity index is 1110. The largest absolute Gasteiger partial charge is 0.493 e. The van der Waals surface area contributed by atoms with Gasteiger partial charge in [0.2, 0.25) is 17.6 Å². The molecular formula is C21H18F3N3O4. The summed E-state index contributed by atoms with van der Waals surface area (Å²) in [5.41, 5.74) is 0.00319. The van der Waals surface area contributed by atoms with E-state index in [1.165, 1.54) is 31.3 Å². The number of carbonyl (C=O) groups excluding carboxylic acids is 1. The van der Waals surface area contributed by atoms with Crippen molar-refractivity contribution in [3.05, 3.63) is 53.9 Å². The van der Waals surface area contributed by atoms with E-state index in [9.17, 15) is 18.0 Å². The van der Waals surface area contributed by atoms with E-state index in [0.29, 0.717) is 22.9 Å². The van der Waals surface area contributed by atoms with Gasteiger partial charge in [-0.15, -0.1) is 0 Å². The van der Waals surface area contributed by atoms with Gasteiger partial charge in [-0.3, -0.25) is 4.79 Å². The highest BCUT2D eigenvalue weighted by Gasteiger charge is 2.37. The first-order valence-electron chi connectivity index (χ1n) is 9.33. The van der Waals surface area contributed by atoms with Crippen LogP contribution < -0.4 is 14.4 Å². The fraction of sp³-hybridized carbons (Fsp3) is 0.286. The molecule has 4 rings (SSSR count). The lowest BCUT2D eigenvalue weighted by Crippen LogP contribution is -2.24. The molecule has 1 aliphatic rings. The Morgan fingerprint density at radius 1 is 1.10 bits per heavy atom. The average Bonchev–Trinajstić information content (AvgIpc) is 3.39. The minimum absolute atomic E-state index is 0.0593. The molecule has 162 valence electrons. The second kappa shape index (κ2) is 7.93. The summed E-state index contributed by atoms with van der Waals surface area (Å²) < 4.78 is 54.8. The first kappa shape index (κ1) is 20.7. The van der Waals surface area contributed by atoms with Crippen molar-refractivity contribution in [2.24, 2.45) is 0 Å². The number of halogens is 3. The summed E-state index contributed by atoms with van der Waals surface area (Å²) >= 11 is 0. The Balaban J connectivity index is 1.55. The molecule has 1 amide bonds. The lowest BCUT2D eigenvalue weighted by Gasteiger charge is -2.17. The van der Waals surface area contributed by atoms with Gasteiger partial charge in [-0.25, -0.2) is 0 Å². The van der Waals surface area contributed by atoms with Crippen LogP contribution in [-0.2, 0) is 11.0 Å². The third-order valence-corrected chi connectivity index (χ3v) is 5.04. The van der Waals surface area contributed by atoms with Gasteiger partial charge in [-0.1, -0.05) is 11.2 Å².